The lowest BCUT2D eigenvalue weighted by molar-refractivity contribution is -0.393. The van der Waals surface area contributed by atoms with Crippen LogP contribution < -0.4 is 0 Å². The molecule has 12 nitrogen and oxygen atoms in total. The maximum Gasteiger partial charge on any atom is 0.336 e. The molecule has 0 amide bonds. The number of carboxylic acids is 1. The predicted octanol–water partition coefficient (Wildman–Crippen LogP) is 4.07. The molecule has 2 aromatic carbocycles. The smallest absolute Gasteiger partial charge is 0.336 e. The predicted molar refractivity (Wildman–Crippen MR) is 110 cm³/mol. The molecule has 3 aromatic rings. The number of nitro benzene ring substituents is 3. The minimum Gasteiger partial charge on any atom is -0.478 e. The number of hydrogen-bond acceptors (Lipinski definition) is 8. The van der Waals surface area contributed by atoms with Crippen LogP contribution in [0.5, 0.6) is 0 Å². The second kappa shape index (κ2) is 7.36. The Labute approximate surface area is 177 Å². The van der Waals surface area contributed by atoms with Crippen molar-refractivity contribution in [2.45, 2.75) is 0 Å². The number of benzene rings is 2. The summed E-state index contributed by atoms with van der Waals surface area (Å²) in [4.78, 5) is 48.2. The van der Waals surface area contributed by atoms with Crippen LogP contribution in [0.4, 0.5) is 17.1 Å². The van der Waals surface area contributed by atoms with Crippen LogP contribution in [-0.2, 0) is 0 Å². The van der Waals surface area contributed by atoms with E-state index in [-0.39, 0.29) is 27.8 Å². The van der Waals surface area contributed by atoms with Gasteiger partial charge in [-0.15, -0.1) is 0 Å². The molecule has 4 rings (SSSR count). The maximum absolute atomic E-state index is 11.9. The molecule has 1 aliphatic rings. The van der Waals surface area contributed by atoms with Crippen molar-refractivity contribution < 1.29 is 24.7 Å². The van der Waals surface area contributed by atoms with Gasteiger partial charge in [-0.1, -0.05) is 6.07 Å². The molecule has 1 aromatic heterocycles. The molecular weight excluding hydrogens is 424 g/mol. The summed E-state index contributed by atoms with van der Waals surface area (Å²) in [6, 6.07) is 8.59. The first-order valence-electron chi connectivity index (χ1n) is 8.85. The highest BCUT2D eigenvalue weighted by molar-refractivity contribution is 6.14. The van der Waals surface area contributed by atoms with Crippen molar-refractivity contribution in [2.75, 3.05) is 0 Å². The molecule has 0 bridgehead atoms. The summed E-state index contributed by atoms with van der Waals surface area (Å²) in [5, 5.41) is 44.3. The highest BCUT2D eigenvalue weighted by atomic mass is 16.6. The molecule has 0 saturated heterocycles. The van der Waals surface area contributed by atoms with Gasteiger partial charge < -0.3 is 5.11 Å². The number of rotatable bonds is 5. The summed E-state index contributed by atoms with van der Waals surface area (Å²) < 4.78 is 0. The van der Waals surface area contributed by atoms with Gasteiger partial charge in [-0.3, -0.25) is 35.3 Å². The number of carboxylic acid groups (broad SMARTS) is 1. The van der Waals surface area contributed by atoms with Crippen LogP contribution in [0.2, 0.25) is 0 Å². The first kappa shape index (κ1) is 20.3. The maximum atomic E-state index is 11.9. The molecule has 0 fully saturated rings. The summed E-state index contributed by atoms with van der Waals surface area (Å²) in [5.41, 5.74) is -2.08. The Morgan fingerprint density at radius 1 is 0.875 bits per heavy atom. The van der Waals surface area contributed by atoms with E-state index in [2.05, 4.69) is 4.98 Å². The fraction of sp³-hybridized carbons (Fsp3) is 0. The number of aromatic nitrogens is 1. The van der Waals surface area contributed by atoms with Crippen LogP contribution in [0.3, 0.4) is 0 Å². The molecular formula is C20H10N4O8. The van der Waals surface area contributed by atoms with Gasteiger partial charge in [0.2, 0.25) is 0 Å². The first-order chi connectivity index (χ1) is 15.2. The molecule has 0 spiro atoms. The second-order valence-corrected chi connectivity index (χ2v) is 6.69. The molecule has 32 heavy (non-hydrogen) atoms. The highest BCUT2D eigenvalue weighted by Gasteiger charge is 2.38. The third-order valence-corrected chi connectivity index (χ3v) is 4.88. The summed E-state index contributed by atoms with van der Waals surface area (Å²) in [5.74, 6) is -1.54. The van der Waals surface area contributed by atoms with E-state index < -0.39 is 43.4 Å². The van der Waals surface area contributed by atoms with E-state index in [4.69, 9.17) is 0 Å². The normalized spacial score (nSPS) is 12.8. The average Bonchev–Trinajstić information content (AvgIpc) is 3.06. The van der Waals surface area contributed by atoms with Crippen molar-refractivity contribution in [2.24, 2.45) is 0 Å². The number of carbonyl (C=O) groups is 1. The van der Waals surface area contributed by atoms with E-state index in [9.17, 15) is 40.2 Å². The minimum absolute atomic E-state index is 0.00884. The Balaban J connectivity index is 2.19. The summed E-state index contributed by atoms with van der Waals surface area (Å²) in [6.07, 6.45) is 2.91. The van der Waals surface area contributed by atoms with Gasteiger partial charge in [0.15, 0.2) is 0 Å². The van der Waals surface area contributed by atoms with Crippen LogP contribution in [0.25, 0.3) is 22.8 Å². The fourth-order valence-corrected chi connectivity index (χ4v) is 3.63. The van der Waals surface area contributed by atoms with Crippen molar-refractivity contribution in [1.29, 1.82) is 0 Å². The number of pyridine rings is 1. The number of hydrogen-bond donors (Lipinski definition) is 1. The Morgan fingerprint density at radius 3 is 2.03 bits per heavy atom. The van der Waals surface area contributed by atoms with Crippen molar-refractivity contribution >= 4 is 34.7 Å². The molecule has 1 N–H and O–H groups in total. The van der Waals surface area contributed by atoms with Crippen LogP contribution in [-0.4, -0.2) is 30.8 Å². The molecule has 0 saturated carbocycles. The molecule has 12 heteroatoms. The largest absolute Gasteiger partial charge is 0.478 e. The van der Waals surface area contributed by atoms with Gasteiger partial charge in [0, 0.05) is 35.5 Å². The monoisotopic (exact) mass is 434 g/mol. The molecule has 0 unspecified atom stereocenters. The number of fused-ring (bicyclic) bond motifs is 3. The fourth-order valence-electron chi connectivity index (χ4n) is 3.63. The molecule has 1 aliphatic carbocycles. The Morgan fingerprint density at radius 2 is 1.50 bits per heavy atom. The van der Waals surface area contributed by atoms with E-state index >= 15 is 0 Å². The van der Waals surface area contributed by atoms with Gasteiger partial charge in [0.05, 0.1) is 37.7 Å². The molecule has 158 valence electrons. The Bertz CT molecular complexity index is 1300. The number of nitrogens with zero attached hydrogens (tertiary/aromatic N) is 4. The SMILES string of the molecule is O=C(O)c1cc([N+](=O)[O-])cc2c1-c1c(cc([N+](=O)[O-])cc1[N+](=O)[O-])/C2=C\c1ccccn1. The highest BCUT2D eigenvalue weighted by Crippen LogP contribution is 2.52. The summed E-state index contributed by atoms with van der Waals surface area (Å²) >= 11 is 0. The van der Waals surface area contributed by atoms with Gasteiger partial charge in [0.1, 0.15) is 0 Å². The lowest BCUT2D eigenvalue weighted by Crippen LogP contribution is -2.03. The van der Waals surface area contributed by atoms with Crippen molar-refractivity contribution in [3.8, 4) is 11.1 Å². The molecule has 0 aliphatic heterocycles. The number of aromatic carboxylic acids is 1. The van der Waals surface area contributed by atoms with Gasteiger partial charge in [-0.2, -0.15) is 0 Å². The summed E-state index contributed by atoms with van der Waals surface area (Å²) in [7, 11) is 0. The van der Waals surface area contributed by atoms with Crippen LogP contribution in [0.1, 0.15) is 27.2 Å². The lowest BCUT2D eigenvalue weighted by Gasteiger charge is -2.06. The van der Waals surface area contributed by atoms with Gasteiger partial charge in [-0.25, -0.2) is 4.79 Å². The lowest BCUT2D eigenvalue weighted by atomic mass is 9.97. The van der Waals surface area contributed by atoms with E-state index in [1.165, 1.54) is 12.3 Å². The first-order valence-corrected chi connectivity index (χ1v) is 8.85. The van der Waals surface area contributed by atoms with E-state index in [1.54, 1.807) is 18.2 Å². The standard InChI is InChI=1S/C20H10N4O8/c25-20(26)16-8-11(22(27)28)6-14-13(5-10-3-1-2-4-21-10)15-7-12(23(29)30)9-17(24(31)32)19(15)18(14)16/h1-9H,(H,25,26)/b13-5-. The van der Waals surface area contributed by atoms with Crippen LogP contribution in [0, 0.1) is 30.3 Å². The van der Waals surface area contributed by atoms with E-state index in [0.717, 1.165) is 24.3 Å². The van der Waals surface area contributed by atoms with Gasteiger partial charge >= 0.3 is 5.97 Å². The van der Waals surface area contributed by atoms with E-state index in [0.29, 0.717) is 5.69 Å². The van der Waals surface area contributed by atoms with E-state index in [1.807, 2.05) is 0 Å². The molecule has 0 atom stereocenters. The quantitative estimate of drug-likeness (QED) is 0.357. The topological polar surface area (TPSA) is 180 Å². The zero-order chi connectivity index (χ0) is 23.2. The van der Waals surface area contributed by atoms with Gasteiger partial charge in [0.25, 0.3) is 17.1 Å². The zero-order valence-corrected chi connectivity index (χ0v) is 15.8. The van der Waals surface area contributed by atoms with Crippen molar-refractivity contribution in [3.05, 3.63) is 101 Å². The molecule has 0 radical (unpaired) electrons. The van der Waals surface area contributed by atoms with Crippen LogP contribution >= 0.6 is 0 Å². The zero-order valence-electron chi connectivity index (χ0n) is 15.8. The number of non-ortho nitro benzene ring substituents is 2. The Kier molecular flexibility index (Phi) is 4.66. The third-order valence-electron chi connectivity index (χ3n) is 4.88. The minimum atomic E-state index is -1.54. The summed E-state index contributed by atoms with van der Waals surface area (Å²) in [6.45, 7) is 0. The molecule has 1 heterocycles. The third kappa shape index (κ3) is 3.21. The van der Waals surface area contributed by atoms with Crippen molar-refractivity contribution in [1.82, 2.24) is 4.98 Å². The van der Waals surface area contributed by atoms with Crippen molar-refractivity contribution in [3.63, 3.8) is 0 Å². The van der Waals surface area contributed by atoms with Crippen LogP contribution in [0.15, 0.2) is 48.7 Å². The average molecular weight is 434 g/mol. The van der Waals surface area contributed by atoms with Gasteiger partial charge in [-0.05, 0) is 29.3 Å². The second-order valence-electron chi connectivity index (χ2n) is 6.69. The number of nitro groups is 3. The Hall–Kier alpha value is -5.00.